The van der Waals surface area contributed by atoms with Crippen molar-refractivity contribution in [3.63, 3.8) is 0 Å². The number of benzene rings is 1. The smallest absolute Gasteiger partial charge is 0.301 e. The van der Waals surface area contributed by atoms with Crippen LogP contribution in [0.15, 0.2) is 33.2 Å². The number of nitrogens with zero attached hydrogens (tertiary/aromatic N) is 3. The number of halogens is 2. The molecule has 0 radical (unpaired) electrons. The maximum absolute atomic E-state index is 13.0. The van der Waals surface area contributed by atoms with Crippen LogP contribution in [0.3, 0.4) is 0 Å². The summed E-state index contributed by atoms with van der Waals surface area (Å²) < 4.78 is 14.0. The van der Waals surface area contributed by atoms with Gasteiger partial charge in [0.2, 0.25) is 0 Å². The fraction of sp³-hybridized carbons (Fsp3) is 0.0909. The van der Waals surface area contributed by atoms with Gasteiger partial charge in [0.1, 0.15) is 5.82 Å². The van der Waals surface area contributed by atoms with E-state index in [0.717, 1.165) is 10.7 Å². The molecule has 9 heteroatoms. The summed E-state index contributed by atoms with van der Waals surface area (Å²) in [6.45, 7) is 1.63. The van der Waals surface area contributed by atoms with Gasteiger partial charge in [-0.2, -0.15) is 9.80 Å². The molecular weight excluding hydrogens is 305 g/mol. The first-order valence-electron chi connectivity index (χ1n) is 5.38. The van der Waals surface area contributed by atoms with Gasteiger partial charge >= 0.3 is 5.56 Å². The zero-order chi connectivity index (χ0) is 14.9. The second kappa shape index (κ2) is 5.51. The molecule has 104 valence electrons. The summed E-state index contributed by atoms with van der Waals surface area (Å²) in [6, 6.07) is 3.85. The van der Waals surface area contributed by atoms with Crippen LogP contribution < -0.4 is 11.3 Å². The van der Waals surface area contributed by atoms with Gasteiger partial charge in [-0.15, -0.1) is 5.11 Å². The van der Waals surface area contributed by atoms with E-state index in [2.05, 4.69) is 15.3 Å². The number of nitrogens with two attached hydrogens (primary N) is 1. The SMILES string of the molecule is Cc1[nH]n(C(N)=S)c(=O)c1N=Nc1ccc(F)c(Cl)c1. The van der Waals surface area contributed by atoms with Crippen LogP contribution >= 0.6 is 23.8 Å². The van der Waals surface area contributed by atoms with E-state index in [1.807, 2.05) is 0 Å². The number of hydrogen-bond donors (Lipinski definition) is 2. The second-order valence-electron chi connectivity index (χ2n) is 3.86. The second-order valence-corrected chi connectivity index (χ2v) is 4.69. The van der Waals surface area contributed by atoms with Crippen LogP contribution in [0.1, 0.15) is 5.69 Å². The predicted octanol–water partition coefficient (Wildman–Crippen LogP) is 2.78. The lowest BCUT2D eigenvalue weighted by molar-refractivity contribution is 0.628. The average Bonchev–Trinajstić information content (AvgIpc) is 2.67. The molecule has 1 heterocycles. The van der Waals surface area contributed by atoms with Gasteiger partial charge in [-0.1, -0.05) is 11.6 Å². The number of thiocarbonyl (C=S) groups is 1. The Hall–Kier alpha value is -2.06. The Labute approximate surface area is 123 Å². The first-order chi connectivity index (χ1) is 9.40. The lowest BCUT2D eigenvalue weighted by Crippen LogP contribution is -2.29. The molecule has 20 heavy (non-hydrogen) atoms. The topological polar surface area (TPSA) is 88.5 Å². The molecule has 0 aliphatic rings. The van der Waals surface area contributed by atoms with E-state index in [-0.39, 0.29) is 15.8 Å². The lowest BCUT2D eigenvalue weighted by Gasteiger charge is -1.94. The third-order valence-corrected chi connectivity index (χ3v) is 2.90. The van der Waals surface area contributed by atoms with Gasteiger partial charge in [0, 0.05) is 0 Å². The summed E-state index contributed by atoms with van der Waals surface area (Å²) in [7, 11) is 0. The number of rotatable bonds is 2. The van der Waals surface area contributed by atoms with Gasteiger partial charge in [0.25, 0.3) is 0 Å². The number of azo groups is 1. The van der Waals surface area contributed by atoms with Crippen LogP contribution in [0.25, 0.3) is 0 Å². The summed E-state index contributed by atoms with van der Waals surface area (Å²) in [4.78, 5) is 11.9. The minimum absolute atomic E-state index is 0.0678. The van der Waals surface area contributed by atoms with Gasteiger partial charge in [0.15, 0.2) is 10.8 Å². The van der Waals surface area contributed by atoms with Gasteiger partial charge in [-0.05, 0) is 37.3 Å². The van der Waals surface area contributed by atoms with Crippen molar-refractivity contribution in [1.82, 2.24) is 9.78 Å². The van der Waals surface area contributed by atoms with Crippen molar-refractivity contribution in [2.45, 2.75) is 6.92 Å². The third kappa shape index (κ3) is 2.75. The van der Waals surface area contributed by atoms with E-state index in [4.69, 9.17) is 29.6 Å². The standard InChI is InChI=1S/C11H9ClFN5OS/c1-5-9(10(19)18(17-5)11(14)20)16-15-6-2-3-8(13)7(12)4-6/h2-4,17H,1H3,(H2,14,20). The number of nitrogens with one attached hydrogen (secondary N) is 1. The molecule has 3 N–H and O–H groups in total. The normalized spacial score (nSPS) is 11.2. The molecule has 1 aromatic heterocycles. The van der Waals surface area contributed by atoms with Crippen molar-refractivity contribution in [1.29, 1.82) is 0 Å². The number of H-pyrrole nitrogens is 1. The van der Waals surface area contributed by atoms with Crippen molar-refractivity contribution >= 4 is 40.3 Å². The highest BCUT2D eigenvalue weighted by Gasteiger charge is 2.12. The molecule has 0 atom stereocenters. The van der Waals surface area contributed by atoms with Gasteiger partial charge in [-0.3, -0.25) is 9.89 Å². The minimum Gasteiger partial charge on any atom is -0.374 e. The molecule has 2 rings (SSSR count). The van der Waals surface area contributed by atoms with E-state index < -0.39 is 11.4 Å². The van der Waals surface area contributed by atoms with Crippen molar-refractivity contribution in [2.75, 3.05) is 0 Å². The van der Waals surface area contributed by atoms with Crippen molar-refractivity contribution in [3.05, 3.63) is 45.1 Å². The Morgan fingerprint density at radius 2 is 2.20 bits per heavy atom. The molecule has 0 fully saturated rings. The zero-order valence-electron chi connectivity index (χ0n) is 10.2. The van der Waals surface area contributed by atoms with E-state index in [9.17, 15) is 9.18 Å². The average molecular weight is 314 g/mol. The molecule has 0 saturated carbocycles. The highest BCUT2D eigenvalue weighted by atomic mass is 35.5. The Bertz CT molecular complexity index is 767. The van der Waals surface area contributed by atoms with E-state index in [0.29, 0.717) is 11.4 Å². The maximum atomic E-state index is 13.0. The largest absolute Gasteiger partial charge is 0.374 e. The van der Waals surface area contributed by atoms with Gasteiger partial charge in [0.05, 0.1) is 16.4 Å². The number of hydrogen-bond acceptors (Lipinski definition) is 4. The molecule has 2 aromatic rings. The Morgan fingerprint density at radius 1 is 1.50 bits per heavy atom. The Morgan fingerprint density at radius 3 is 2.75 bits per heavy atom. The molecule has 0 amide bonds. The van der Waals surface area contributed by atoms with Crippen LogP contribution in [0.4, 0.5) is 15.8 Å². The van der Waals surface area contributed by atoms with Crippen molar-refractivity contribution in [2.24, 2.45) is 16.0 Å². The molecule has 0 unspecified atom stereocenters. The van der Waals surface area contributed by atoms with E-state index in [1.165, 1.54) is 12.1 Å². The maximum Gasteiger partial charge on any atom is 0.301 e. The molecule has 0 spiro atoms. The Balaban J connectivity index is 2.39. The van der Waals surface area contributed by atoms with Crippen molar-refractivity contribution in [3.8, 4) is 0 Å². The van der Waals surface area contributed by atoms with E-state index >= 15 is 0 Å². The summed E-state index contributed by atoms with van der Waals surface area (Å²) in [5.41, 5.74) is 5.71. The summed E-state index contributed by atoms with van der Waals surface area (Å²) >= 11 is 10.3. The predicted molar refractivity (Wildman–Crippen MR) is 77.6 cm³/mol. The van der Waals surface area contributed by atoms with Crippen LogP contribution in [-0.2, 0) is 0 Å². The summed E-state index contributed by atoms with van der Waals surface area (Å²) in [5.74, 6) is -0.556. The fourth-order valence-electron chi connectivity index (χ4n) is 1.47. The van der Waals surface area contributed by atoms with E-state index in [1.54, 1.807) is 6.92 Å². The number of aromatic nitrogens is 2. The lowest BCUT2D eigenvalue weighted by atomic mass is 10.3. The fourth-order valence-corrected chi connectivity index (χ4v) is 1.77. The van der Waals surface area contributed by atoms with Crippen LogP contribution in [0.2, 0.25) is 5.02 Å². The van der Waals surface area contributed by atoms with Crippen molar-refractivity contribution < 1.29 is 4.39 Å². The highest BCUT2D eigenvalue weighted by Crippen LogP contribution is 2.23. The van der Waals surface area contributed by atoms with Crippen LogP contribution in [0.5, 0.6) is 0 Å². The molecule has 1 aromatic carbocycles. The number of aromatic amines is 1. The third-order valence-electron chi connectivity index (χ3n) is 2.43. The monoisotopic (exact) mass is 313 g/mol. The zero-order valence-corrected chi connectivity index (χ0v) is 11.8. The number of aryl methyl sites for hydroxylation is 1. The molecule has 0 bridgehead atoms. The summed E-state index contributed by atoms with van der Waals surface area (Å²) in [6.07, 6.45) is 0. The minimum atomic E-state index is -0.556. The molecular formula is C11H9ClFN5OS. The highest BCUT2D eigenvalue weighted by molar-refractivity contribution is 7.80. The Kier molecular flexibility index (Phi) is 3.96. The van der Waals surface area contributed by atoms with Gasteiger partial charge in [-0.25, -0.2) is 4.39 Å². The molecule has 0 aliphatic carbocycles. The van der Waals surface area contributed by atoms with Gasteiger partial charge < -0.3 is 5.73 Å². The summed E-state index contributed by atoms with van der Waals surface area (Å²) in [5, 5.41) is 10.1. The molecule has 0 saturated heterocycles. The first kappa shape index (κ1) is 14.4. The van der Waals surface area contributed by atoms with Crippen LogP contribution in [-0.4, -0.2) is 14.9 Å². The first-order valence-corrected chi connectivity index (χ1v) is 6.17. The molecule has 6 nitrogen and oxygen atoms in total. The quantitative estimate of drug-likeness (QED) is 0.660. The molecule has 0 aliphatic heterocycles. The van der Waals surface area contributed by atoms with Crippen LogP contribution in [0, 0.1) is 12.7 Å².